The van der Waals surface area contributed by atoms with Crippen LogP contribution in [-0.4, -0.2) is 14.9 Å². The van der Waals surface area contributed by atoms with Gasteiger partial charge in [-0.2, -0.15) is 5.10 Å². The van der Waals surface area contributed by atoms with Crippen LogP contribution < -0.4 is 10.6 Å². The molecule has 20 heavy (non-hydrogen) atoms. The molecule has 0 atom stereocenters. The first-order chi connectivity index (χ1) is 9.47. The average molecular weight is 296 g/mol. The van der Waals surface area contributed by atoms with Crippen molar-refractivity contribution in [3.8, 4) is 0 Å². The van der Waals surface area contributed by atoms with Crippen molar-refractivity contribution in [2.24, 2.45) is 7.05 Å². The lowest BCUT2D eigenvalue weighted by Crippen LogP contribution is -2.28. The smallest absolute Gasteiger partial charge is 0.171 e. The van der Waals surface area contributed by atoms with Crippen molar-refractivity contribution in [2.75, 3.05) is 5.32 Å². The van der Waals surface area contributed by atoms with Gasteiger partial charge in [-0.1, -0.05) is 0 Å². The van der Waals surface area contributed by atoms with Crippen LogP contribution in [0.1, 0.15) is 11.3 Å². The van der Waals surface area contributed by atoms with E-state index in [1.807, 2.05) is 14.0 Å². The molecule has 0 unspecified atom stereocenters. The molecule has 0 aliphatic rings. The van der Waals surface area contributed by atoms with Gasteiger partial charge in [-0.15, -0.1) is 0 Å². The highest BCUT2D eigenvalue weighted by Crippen LogP contribution is 2.14. The van der Waals surface area contributed by atoms with Gasteiger partial charge >= 0.3 is 0 Å². The van der Waals surface area contributed by atoms with Crippen molar-refractivity contribution < 1.29 is 8.78 Å². The van der Waals surface area contributed by atoms with E-state index in [1.165, 1.54) is 12.1 Å². The van der Waals surface area contributed by atoms with Crippen molar-refractivity contribution in [3.63, 3.8) is 0 Å². The summed E-state index contributed by atoms with van der Waals surface area (Å²) < 4.78 is 28.0. The summed E-state index contributed by atoms with van der Waals surface area (Å²) in [5.41, 5.74) is 2.15. The highest BCUT2D eigenvalue weighted by atomic mass is 32.1. The number of nitrogens with zero attached hydrogens (tertiary/aromatic N) is 2. The minimum Gasteiger partial charge on any atom is -0.358 e. The Hall–Kier alpha value is -2.02. The Morgan fingerprint density at radius 1 is 1.40 bits per heavy atom. The first kappa shape index (κ1) is 14.4. The van der Waals surface area contributed by atoms with Crippen LogP contribution in [0.25, 0.3) is 0 Å². The second kappa shape index (κ2) is 5.96. The first-order valence-electron chi connectivity index (χ1n) is 5.94. The number of nitrogens with one attached hydrogen (secondary N) is 2. The van der Waals surface area contributed by atoms with Crippen LogP contribution in [-0.2, 0) is 13.6 Å². The predicted molar refractivity (Wildman–Crippen MR) is 77.4 cm³/mol. The van der Waals surface area contributed by atoms with E-state index in [0.717, 1.165) is 17.3 Å². The number of thiocarbonyl (C=S) groups is 1. The maximum Gasteiger partial charge on any atom is 0.171 e. The molecule has 0 aliphatic carbocycles. The molecule has 0 saturated heterocycles. The maximum absolute atomic E-state index is 13.4. The summed E-state index contributed by atoms with van der Waals surface area (Å²) in [5, 5.41) is 10.0. The van der Waals surface area contributed by atoms with Crippen molar-refractivity contribution in [3.05, 3.63) is 47.3 Å². The monoisotopic (exact) mass is 296 g/mol. The largest absolute Gasteiger partial charge is 0.358 e. The van der Waals surface area contributed by atoms with E-state index in [9.17, 15) is 8.78 Å². The van der Waals surface area contributed by atoms with Crippen LogP contribution in [0.15, 0.2) is 24.4 Å². The topological polar surface area (TPSA) is 41.9 Å². The van der Waals surface area contributed by atoms with Crippen LogP contribution in [0.3, 0.4) is 0 Å². The second-order valence-corrected chi connectivity index (χ2v) is 4.72. The molecule has 4 nitrogen and oxygen atoms in total. The van der Waals surface area contributed by atoms with Crippen LogP contribution in [0.5, 0.6) is 0 Å². The highest BCUT2D eigenvalue weighted by Gasteiger charge is 2.07. The lowest BCUT2D eigenvalue weighted by atomic mass is 10.2. The molecule has 0 saturated carbocycles. The van der Waals surface area contributed by atoms with Gasteiger partial charge in [-0.3, -0.25) is 4.68 Å². The summed E-state index contributed by atoms with van der Waals surface area (Å²) in [5.74, 6) is -1.32. The number of hydrogen-bond donors (Lipinski definition) is 2. The molecule has 1 heterocycles. The molecule has 2 N–H and O–H groups in total. The zero-order valence-electron chi connectivity index (χ0n) is 11.1. The molecule has 7 heteroatoms. The maximum atomic E-state index is 13.4. The van der Waals surface area contributed by atoms with Gasteiger partial charge in [0.25, 0.3) is 0 Å². The fourth-order valence-electron chi connectivity index (χ4n) is 1.65. The number of benzene rings is 1. The fraction of sp³-hybridized carbons (Fsp3) is 0.231. The van der Waals surface area contributed by atoms with Gasteiger partial charge in [-0.05, 0) is 31.3 Å². The Kier molecular flexibility index (Phi) is 4.29. The number of halogens is 2. The predicted octanol–water partition coefficient (Wildman–Crippen LogP) is 2.49. The zero-order valence-corrected chi connectivity index (χ0v) is 11.9. The number of aryl methyl sites for hydroxylation is 1. The first-order valence-corrected chi connectivity index (χ1v) is 6.35. The molecule has 2 aromatic rings. The quantitative estimate of drug-likeness (QED) is 0.854. The van der Waals surface area contributed by atoms with E-state index in [-0.39, 0.29) is 10.8 Å². The fourth-order valence-corrected chi connectivity index (χ4v) is 1.83. The van der Waals surface area contributed by atoms with Crippen molar-refractivity contribution in [1.29, 1.82) is 0 Å². The molecule has 2 rings (SSSR count). The molecule has 0 radical (unpaired) electrons. The highest BCUT2D eigenvalue weighted by molar-refractivity contribution is 7.80. The standard InChI is InChI=1S/C13H14F2N4S/c1-8-9(7-17-19(8)2)6-16-13(20)18-12-4-3-10(14)5-11(12)15/h3-5,7H,6H2,1-2H3,(H2,16,18,20). The minimum atomic E-state index is -0.688. The Morgan fingerprint density at radius 3 is 2.75 bits per heavy atom. The van der Waals surface area contributed by atoms with E-state index in [4.69, 9.17) is 12.2 Å². The normalized spacial score (nSPS) is 10.4. The zero-order chi connectivity index (χ0) is 14.7. The third kappa shape index (κ3) is 3.30. The molecular weight excluding hydrogens is 282 g/mol. The lowest BCUT2D eigenvalue weighted by molar-refractivity contribution is 0.586. The number of rotatable bonds is 3. The third-order valence-corrected chi connectivity index (χ3v) is 3.20. The Bertz CT molecular complexity index is 639. The third-order valence-electron chi connectivity index (χ3n) is 2.96. The van der Waals surface area contributed by atoms with Gasteiger partial charge in [0.15, 0.2) is 5.11 Å². The van der Waals surface area contributed by atoms with Crippen LogP contribution >= 0.6 is 12.2 Å². The van der Waals surface area contributed by atoms with E-state index >= 15 is 0 Å². The lowest BCUT2D eigenvalue weighted by Gasteiger charge is -2.11. The summed E-state index contributed by atoms with van der Waals surface area (Å²) in [6, 6.07) is 3.27. The molecule has 0 bridgehead atoms. The minimum absolute atomic E-state index is 0.131. The summed E-state index contributed by atoms with van der Waals surface area (Å²) in [6.45, 7) is 2.43. The summed E-state index contributed by atoms with van der Waals surface area (Å²) in [6.07, 6.45) is 1.74. The average Bonchev–Trinajstić information content (AvgIpc) is 2.71. The second-order valence-electron chi connectivity index (χ2n) is 4.31. The van der Waals surface area contributed by atoms with Gasteiger partial charge < -0.3 is 10.6 Å². The summed E-state index contributed by atoms with van der Waals surface area (Å²) >= 11 is 5.07. The molecule has 0 spiro atoms. The van der Waals surface area contributed by atoms with E-state index in [1.54, 1.807) is 10.9 Å². The van der Waals surface area contributed by atoms with Gasteiger partial charge in [0.1, 0.15) is 11.6 Å². The molecule has 0 aliphatic heterocycles. The molecule has 0 amide bonds. The summed E-state index contributed by atoms with van der Waals surface area (Å²) in [7, 11) is 1.85. The Morgan fingerprint density at radius 2 is 2.15 bits per heavy atom. The Labute approximate surface area is 120 Å². The van der Waals surface area contributed by atoms with Crippen LogP contribution in [0, 0.1) is 18.6 Å². The summed E-state index contributed by atoms with van der Waals surface area (Å²) in [4.78, 5) is 0. The molecule has 1 aromatic carbocycles. The number of hydrogen-bond acceptors (Lipinski definition) is 2. The van der Waals surface area contributed by atoms with E-state index < -0.39 is 11.6 Å². The van der Waals surface area contributed by atoms with E-state index in [0.29, 0.717) is 6.54 Å². The van der Waals surface area contributed by atoms with Crippen molar-refractivity contribution >= 4 is 23.0 Å². The number of aromatic nitrogens is 2. The number of anilines is 1. The van der Waals surface area contributed by atoms with Crippen molar-refractivity contribution in [1.82, 2.24) is 15.1 Å². The van der Waals surface area contributed by atoms with Crippen LogP contribution in [0.2, 0.25) is 0 Å². The Balaban J connectivity index is 1.94. The van der Waals surface area contributed by atoms with Crippen LogP contribution in [0.4, 0.5) is 14.5 Å². The molecule has 1 aromatic heterocycles. The van der Waals surface area contributed by atoms with Gasteiger partial charge in [0.05, 0.1) is 11.9 Å². The SMILES string of the molecule is Cc1c(CNC(=S)Nc2ccc(F)cc2F)cnn1C. The van der Waals surface area contributed by atoms with Gasteiger partial charge in [0, 0.05) is 30.9 Å². The van der Waals surface area contributed by atoms with Crippen molar-refractivity contribution in [2.45, 2.75) is 13.5 Å². The van der Waals surface area contributed by atoms with E-state index in [2.05, 4.69) is 15.7 Å². The molecular formula is C13H14F2N4S. The van der Waals surface area contributed by atoms with Gasteiger partial charge in [0.2, 0.25) is 0 Å². The molecule has 0 fully saturated rings. The molecule has 106 valence electrons. The van der Waals surface area contributed by atoms with Gasteiger partial charge in [-0.25, -0.2) is 8.78 Å².